The van der Waals surface area contributed by atoms with Crippen LogP contribution in [0.2, 0.25) is 0 Å². The van der Waals surface area contributed by atoms with Gasteiger partial charge in [-0.1, -0.05) is 31.5 Å². The van der Waals surface area contributed by atoms with Crippen LogP contribution in [0.4, 0.5) is 0 Å². The Hall–Kier alpha value is -2.34. The van der Waals surface area contributed by atoms with Gasteiger partial charge in [0.1, 0.15) is 0 Å². The van der Waals surface area contributed by atoms with Crippen LogP contribution in [0, 0.1) is 13.8 Å². The van der Waals surface area contributed by atoms with Gasteiger partial charge < -0.3 is 4.98 Å². The molecule has 1 aromatic carbocycles. The number of nitrogens with zero attached hydrogens (tertiary/aromatic N) is 1. The van der Waals surface area contributed by atoms with Gasteiger partial charge >= 0.3 is 0 Å². The first-order chi connectivity index (χ1) is 10.9. The summed E-state index contributed by atoms with van der Waals surface area (Å²) in [6.45, 7) is 7.66. The molecule has 0 spiro atoms. The molecular weight excluding hydrogens is 312 g/mol. The van der Waals surface area contributed by atoms with Crippen LogP contribution >= 0.6 is 0 Å². The second-order valence-corrected chi connectivity index (χ2v) is 6.82. The summed E-state index contributed by atoms with van der Waals surface area (Å²) >= 11 is 0. The van der Waals surface area contributed by atoms with Gasteiger partial charge in [0.15, 0.2) is 0 Å². The Morgan fingerprint density at radius 1 is 0.957 bits per heavy atom. The summed E-state index contributed by atoms with van der Waals surface area (Å²) < 4.78 is 26.7. The summed E-state index contributed by atoms with van der Waals surface area (Å²) in [4.78, 5) is 14.3. The van der Waals surface area contributed by atoms with E-state index < -0.39 is 10.0 Å². The van der Waals surface area contributed by atoms with Gasteiger partial charge in [-0.15, -0.1) is 0 Å². The molecule has 122 valence electrons. The zero-order valence-electron chi connectivity index (χ0n) is 13.6. The molecule has 0 atom stereocenters. The van der Waals surface area contributed by atoms with E-state index >= 15 is 0 Å². The van der Waals surface area contributed by atoms with Crippen molar-refractivity contribution in [1.29, 1.82) is 0 Å². The second-order valence-electron chi connectivity index (χ2n) is 5.01. The lowest BCUT2D eigenvalue weighted by molar-refractivity contribution is 0.589. The Morgan fingerprint density at radius 3 is 2.17 bits per heavy atom. The van der Waals surface area contributed by atoms with Crippen molar-refractivity contribution in [2.45, 2.75) is 32.6 Å². The molecule has 0 aliphatic carbocycles. The topological polar surface area (TPSA) is 71.9 Å². The summed E-state index contributed by atoms with van der Waals surface area (Å²) in [5.41, 5.74) is 2.45. The molecule has 0 aliphatic rings. The first kappa shape index (κ1) is 17.0. The van der Waals surface area contributed by atoms with Gasteiger partial charge in [-0.3, -0.25) is 4.79 Å². The third-order valence-corrected chi connectivity index (χ3v) is 5.11. The van der Waals surface area contributed by atoms with E-state index in [1.54, 1.807) is 31.2 Å². The minimum absolute atomic E-state index is 0.219. The zero-order chi connectivity index (χ0) is 17.2. The number of fused-ring (bicyclic) bond motifs is 1. The van der Waals surface area contributed by atoms with E-state index in [4.69, 9.17) is 0 Å². The van der Waals surface area contributed by atoms with Crippen molar-refractivity contribution in [2.24, 2.45) is 0 Å². The highest BCUT2D eigenvalue weighted by Crippen LogP contribution is 2.23. The molecule has 6 heteroatoms. The van der Waals surface area contributed by atoms with E-state index in [-0.39, 0.29) is 10.5 Å². The molecule has 0 saturated carbocycles. The average Bonchev–Trinajstić information content (AvgIpc) is 2.87. The van der Waals surface area contributed by atoms with Crippen molar-refractivity contribution in [3.05, 3.63) is 64.1 Å². The first-order valence-corrected chi connectivity index (χ1v) is 8.87. The molecule has 0 unspecified atom stereocenters. The summed E-state index contributed by atoms with van der Waals surface area (Å²) in [5, 5.41) is 0. The van der Waals surface area contributed by atoms with Crippen molar-refractivity contribution in [3.63, 3.8) is 0 Å². The summed E-state index contributed by atoms with van der Waals surface area (Å²) in [6, 6.07) is 9.52. The SMILES string of the molecule is CC.Cc1ccc(S(=O)(=O)n2cc(C)c3[nH]c(=O)ccc32)cc1. The van der Waals surface area contributed by atoms with Gasteiger partial charge in [0.2, 0.25) is 5.56 Å². The molecule has 0 fully saturated rings. The predicted molar refractivity (Wildman–Crippen MR) is 92.4 cm³/mol. The van der Waals surface area contributed by atoms with Gasteiger partial charge in [-0.2, -0.15) is 0 Å². The minimum atomic E-state index is -3.68. The number of benzene rings is 1. The fourth-order valence-corrected chi connectivity index (χ4v) is 3.70. The second kappa shape index (κ2) is 6.42. The molecule has 1 N–H and O–H groups in total. The van der Waals surface area contributed by atoms with Crippen molar-refractivity contribution in [1.82, 2.24) is 8.96 Å². The van der Waals surface area contributed by atoms with Crippen LogP contribution in [0.25, 0.3) is 11.0 Å². The minimum Gasteiger partial charge on any atom is -0.320 e. The van der Waals surface area contributed by atoms with Crippen LogP contribution < -0.4 is 5.56 Å². The Morgan fingerprint density at radius 2 is 1.57 bits per heavy atom. The maximum absolute atomic E-state index is 12.7. The Bertz CT molecular complexity index is 981. The Balaban J connectivity index is 0.000000924. The molecule has 3 aromatic rings. The number of aryl methyl sites for hydroxylation is 2. The van der Waals surface area contributed by atoms with Crippen LogP contribution in [0.3, 0.4) is 0 Å². The summed E-state index contributed by atoms with van der Waals surface area (Å²) in [7, 11) is -3.68. The van der Waals surface area contributed by atoms with E-state index in [1.165, 1.54) is 22.3 Å². The molecule has 0 bridgehead atoms. The number of aromatic nitrogens is 2. The van der Waals surface area contributed by atoms with Crippen molar-refractivity contribution < 1.29 is 8.42 Å². The van der Waals surface area contributed by atoms with Crippen molar-refractivity contribution in [2.75, 3.05) is 0 Å². The van der Waals surface area contributed by atoms with Gasteiger partial charge in [-0.05, 0) is 37.6 Å². The van der Waals surface area contributed by atoms with Gasteiger partial charge in [-0.25, -0.2) is 12.4 Å². The van der Waals surface area contributed by atoms with E-state index in [1.807, 2.05) is 20.8 Å². The fourth-order valence-electron chi connectivity index (χ4n) is 2.28. The molecule has 5 nitrogen and oxygen atoms in total. The van der Waals surface area contributed by atoms with Gasteiger partial charge in [0.05, 0.1) is 15.9 Å². The highest BCUT2D eigenvalue weighted by Gasteiger charge is 2.20. The Labute approximate surface area is 135 Å². The largest absolute Gasteiger partial charge is 0.320 e. The van der Waals surface area contributed by atoms with Gasteiger partial charge in [0.25, 0.3) is 10.0 Å². The van der Waals surface area contributed by atoms with Crippen LogP contribution in [0.5, 0.6) is 0 Å². The first-order valence-electron chi connectivity index (χ1n) is 7.43. The quantitative estimate of drug-likeness (QED) is 0.783. The fraction of sp³-hybridized carbons (Fsp3) is 0.235. The number of hydrogen-bond donors (Lipinski definition) is 1. The molecule has 2 aromatic heterocycles. The third-order valence-electron chi connectivity index (χ3n) is 3.42. The highest BCUT2D eigenvalue weighted by molar-refractivity contribution is 7.90. The van der Waals surface area contributed by atoms with E-state index in [2.05, 4.69) is 4.98 Å². The van der Waals surface area contributed by atoms with Crippen molar-refractivity contribution in [3.8, 4) is 0 Å². The summed E-state index contributed by atoms with van der Waals surface area (Å²) in [5.74, 6) is 0. The lowest BCUT2D eigenvalue weighted by Gasteiger charge is -2.07. The molecular formula is C17H20N2O3S. The van der Waals surface area contributed by atoms with E-state index in [0.29, 0.717) is 16.6 Å². The third kappa shape index (κ3) is 3.07. The van der Waals surface area contributed by atoms with Crippen LogP contribution in [-0.4, -0.2) is 17.4 Å². The number of rotatable bonds is 2. The van der Waals surface area contributed by atoms with Crippen LogP contribution in [0.15, 0.2) is 52.3 Å². The number of hydrogen-bond acceptors (Lipinski definition) is 3. The van der Waals surface area contributed by atoms with Crippen LogP contribution in [0.1, 0.15) is 25.0 Å². The predicted octanol–water partition coefficient (Wildman–Crippen LogP) is 3.21. The number of pyridine rings is 1. The average molecular weight is 332 g/mol. The molecule has 0 saturated heterocycles. The highest BCUT2D eigenvalue weighted by atomic mass is 32.2. The molecule has 0 aliphatic heterocycles. The maximum atomic E-state index is 12.7. The van der Waals surface area contributed by atoms with Crippen LogP contribution in [-0.2, 0) is 10.0 Å². The smallest absolute Gasteiger partial charge is 0.268 e. The lowest BCUT2D eigenvalue weighted by atomic mass is 10.2. The zero-order valence-corrected chi connectivity index (χ0v) is 14.4. The summed E-state index contributed by atoms with van der Waals surface area (Å²) in [6.07, 6.45) is 1.52. The monoisotopic (exact) mass is 332 g/mol. The molecule has 23 heavy (non-hydrogen) atoms. The standard InChI is InChI=1S/C15H14N2O3S.C2H6/c1-10-3-5-12(6-4-10)21(19,20)17-9-11(2)15-13(17)7-8-14(18)16-15;1-2/h3-9H,1-2H3,(H,16,18);1-2H3. The number of aromatic amines is 1. The molecule has 2 heterocycles. The van der Waals surface area contributed by atoms with Gasteiger partial charge in [0, 0.05) is 12.3 Å². The Kier molecular flexibility index (Phi) is 4.75. The molecule has 0 radical (unpaired) electrons. The van der Waals surface area contributed by atoms with Crippen molar-refractivity contribution >= 4 is 21.1 Å². The number of nitrogens with one attached hydrogen (secondary N) is 1. The van der Waals surface area contributed by atoms with E-state index in [9.17, 15) is 13.2 Å². The van der Waals surface area contributed by atoms with E-state index in [0.717, 1.165) is 5.56 Å². The lowest BCUT2D eigenvalue weighted by Crippen LogP contribution is -2.12. The molecule has 0 amide bonds. The normalized spacial score (nSPS) is 11.1. The molecule has 3 rings (SSSR count). The maximum Gasteiger partial charge on any atom is 0.268 e. The number of H-pyrrole nitrogens is 1.